The van der Waals surface area contributed by atoms with E-state index < -0.39 is 12.0 Å². The van der Waals surface area contributed by atoms with Gasteiger partial charge in [0.05, 0.1) is 23.2 Å². The van der Waals surface area contributed by atoms with Crippen molar-refractivity contribution in [2.24, 2.45) is 0 Å². The molecule has 0 saturated heterocycles. The van der Waals surface area contributed by atoms with Crippen LogP contribution in [0.5, 0.6) is 0 Å². The van der Waals surface area contributed by atoms with E-state index in [1.165, 1.54) is 0 Å². The Hall–Kier alpha value is -3.45. The number of halogens is 2. The van der Waals surface area contributed by atoms with Gasteiger partial charge in [-0.25, -0.2) is 4.98 Å². The summed E-state index contributed by atoms with van der Waals surface area (Å²) in [6.45, 7) is 0.534. The van der Waals surface area contributed by atoms with Gasteiger partial charge in [-0.1, -0.05) is 65.7 Å². The van der Waals surface area contributed by atoms with Gasteiger partial charge in [0, 0.05) is 16.6 Å². The molecule has 0 bridgehead atoms. The fourth-order valence-corrected chi connectivity index (χ4v) is 5.77. The second-order valence-corrected chi connectivity index (χ2v) is 11.2. The standard InChI is InChI=1S/C31H27Cl2N3O3/c32-23-11-9-19(10-12-23)20-4-1-5-21(16-20)27(37)29(39)36-15-3-8-26-25(18-36)28(38)35-30(34-26)31(13-14-31)22-6-2-7-24(33)17-22/h1-2,4-7,9-12,16-17,27,37H,3,8,13-15,18H2,(H,34,35,38). The van der Waals surface area contributed by atoms with Crippen LogP contribution in [0.1, 0.15) is 53.6 Å². The number of carbonyl (C=O) groups excluding carboxylic acids is 1. The largest absolute Gasteiger partial charge is 0.378 e. The summed E-state index contributed by atoms with van der Waals surface area (Å²) in [5, 5.41) is 12.3. The Morgan fingerprint density at radius 2 is 1.74 bits per heavy atom. The quantitative estimate of drug-likeness (QED) is 0.322. The number of aromatic amines is 1. The molecule has 198 valence electrons. The Morgan fingerprint density at radius 1 is 0.974 bits per heavy atom. The van der Waals surface area contributed by atoms with E-state index in [4.69, 9.17) is 28.2 Å². The molecule has 3 aromatic carbocycles. The van der Waals surface area contributed by atoms with E-state index in [9.17, 15) is 14.7 Å². The molecule has 1 atom stereocenters. The van der Waals surface area contributed by atoms with Crippen molar-refractivity contribution in [3.63, 3.8) is 0 Å². The van der Waals surface area contributed by atoms with E-state index in [-0.39, 0.29) is 17.5 Å². The lowest BCUT2D eigenvalue weighted by atomic mass is 9.94. The summed E-state index contributed by atoms with van der Waals surface area (Å²) in [5.41, 5.74) is 3.99. The number of hydrogen-bond acceptors (Lipinski definition) is 4. The molecule has 39 heavy (non-hydrogen) atoms. The molecule has 2 aliphatic rings. The van der Waals surface area contributed by atoms with Crippen LogP contribution >= 0.6 is 23.2 Å². The maximum atomic E-state index is 13.4. The van der Waals surface area contributed by atoms with Gasteiger partial charge in [-0.3, -0.25) is 9.59 Å². The number of benzene rings is 3. The van der Waals surface area contributed by atoms with Crippen molar-refractivity contribution in [1.82, 2.24) is 14.9 Å². The number of H-pyrrole nitrogens is 1. The van der Waals surface area contributed by atoms with Crippen molar-refractivity contribution in [3.05, 3.63) is 121 Å². The number of rotatable bonds is 5. The monoisotopic (exact) mass is 559 g/mol. The van der Waals surface area contributed by atoms with Gasteiger partial charge in [-0.2, -0.15) is 0 Å². The number of carbonyl (C=O) groups is 1. The van der Waals surface area contributed by atoms with Crippen LogP contribution in [-0.4, -0.2) is 32.4 Å². The first-order chi connectivity index (χ1) is 18.8. The number of nitrogens with zero attached hydrogens (tertiary/aromatic N) is 2. The molecule has 0 spiro atoms. The van der Waals surface area contributed by atoms with Gasteiger partial charge >= 0.3 is 0 Å². The van der Waals surface area contributed by atoms with Crippen molar-refractivity contribution in [2.45, 2.75) is 43.7 Å². The highest BCUT2D eigenvalue weighted by Gasteiger charge is 2.48. The number of nitrogens with one attached hydrogen (secondary N) is 1. The highest BCUT2D eigenvalue weighted by Crippen LogP contribution is 2.52. The second-order valence-electron chi connectivity index (χ2n) is 10.3. The van der Waals surface area contributed by atoms with Crippen molar-refractivity contribution in [3.8, 4) is 11.1 Å². The van der Waals surface area contributed by atoms with Crippen LogP contribution in [0.3, 0.4) is 0 Å². The third-order valence-corrected chi connectivity index (χ3v) is 8.28. The molecule has 1 aliphatic heterocycles. The molecule has 0 radical (unpaired) electrons. The predicted molar refractivity (Wildman–Crippen MR) is 152 cm³/mol. The van der Waals surface area contributed by atoms with Gasteiger partial charge in [0.15, 0.2) is 6.10 Å². The molecule has 6 nitrogen and oxygen atoms in total. The van der Waals surface area contributed by atoms with Crippen molar-refractivity contribution < 1.29 is 9.90 Å². The van der Waals surface area contributed by atoms with E-state index in [1.807, 2.05) is 54.6 Å². The molecule has 1 aliphatic carbocycles. The van der Waals surface area contributed by atoms with Crippen LogP contribution in [0.25, 0.3) is 11.1 Å². The van der Waals surface area contributed by atoms with Crippen LogP contribution in [0.15, 0.2) is 77.6 Å². The molecule has 2 N–H and O–H groups in total. The molecule has 8 heteroatoms. The van der Waals surface area contributed by atoms with Crippen molar-refractivity contribution >= 4 is 29.1 Å². The van der Waals surface area contributed by atoms with Crippen molar-refractivity contribution in [1.29, 1.82) is 0 Å². The normalized spacial score (nSPS) is 16.7. The first kappa shape index (κ1) is 25.8. The summed E-state index contributed by atoms with van der Waals surface area (Å²) in [6.07, 6.45) is 1.67. The number of aryl methyl sites for hydroxylation is 1. The van der Waals surface area contributed by atoms with Gasteiger partial charge in [-0.05, 0) is 78.3 Å². The fraction of sp³-hybridized carbons (Fsp3) is 0.258. The number of amides is 1. The summed E-state index contributed by atoms with van der Waals surface area (Å²) in [5.74, 6) is 0.226. The number of aliphatic hydroxyl groups is 1. The number of hydrogen-bond donors (Lipinski definition) is 2. The molecule has 4 aromatic rings. The number of aliphatic hydroxyl groups excluding tert-OH is 1. The Balaban J connectivity index is 1.25. The lowest BCUT2D eigenvalue weighted by Crippen LogP contribution is -2.36. The summed E-state index contributed by atoms with van der Waals surface area (Å²) in [7, 11) is 0. The molecule has 1 unspecified atom stereocenters. The van der Waals surface area contributed by atoms with E-state index in [0.717, 1.165) is 35.2 Å². The van der Waals surface area contributed by atoms with Crippen LogP contribution in [0.2, 0.25) is 10.0 Å². The summed E-state index contributed by atoms with van der Waals surface area (Å²) in [6, 6.07) is 22.4. The van der Waals surface area contributed by atoms with E-state index in [1.54, 1.807) is 23.1 Å². The molecule has 1 fully saturated rings. The highest BCUT2D eigenvalue weighted by molar-refractivity contribution is 6.30. The molecule has 1 aromatic heterocycles. The third kappa shape index (κ3) is 5.00. The maximum absolute atomic E-state index is 13.4. The van der Waals surface area contributed by atoms with E-state index in [0.29, 0.717) is 46.4 Å². The van der Waals surface area contributed by atoms with Gasteiger partial charge in [0.1, 0.15) is 5.82 Å². The zero-order chi connectivity index (χ0) is 27.1. The smallest absolute Gasteiger partial charge is 0.256 e. The SMILES string of the molecule is O=C(C(O)c1cccc(-c2ccc(Cl)cc2)c1)N1CCCc2nc(C3(c4cccc(Cl)c4)CC3)[nH]c(=O)c2C1. The molecule has 1 amide bonds. The first-order valence-corrected chi connectivity index (χ1v) is 13.8. The molecular formula is C31H27Cl2N3O3. The topological polar surface area (TPSA) is 86.3 Å². The first-order valence-electron chi connectivity index (χ1n) is 13.1. The molecule has 1 saturated carbocycles. The zero-order valence-electron chi connectivity index (χ0n) is 21.2. The average Bonchev–Trinajstić information content (AvgIpc) is 3.77. The van der Waals surface area contributed by atoms with E-state index in [2.05, 4.69) is 4.98 Å². The summed E-state index contributed by atoms with van der Waals surface area (Å²) < 4.78 is 0. The van der Waals surface area contributed by atoms with Crippen LogP contribution in [-0.2, 0) is 23.2 Å². The van der Waals surface area contributed by atoms with Gasteiger partial charge in [0.25, 0.3) is 11.5 Å². The molecular weight excluding hydrogens is 533 g/mol. The Labute approximate surface area is 236 Å². The number of fused-ring (bicyclic) bond motifs is 1. The van der Waals surface area contributed by atoms with Gasteiger partial charge < -0.3 is 15.0 Å². The maximum Gasteiger partial charge on any atom is 0.256 e. The lowest BCUT2D eigenvalue weighted by Gasteiger charge is -2.24. The average molecular weight is 560 g/mol. The third-order valence-electron chi connectivity index (χ3n) is 7.80. The number of aromatic nitrogens is 2. The molecule has 2 heterocycles. The Morgan fingerprint density at radius 3 is 2.49 bits per heavy atom. The molecule has 6 rings (SSSR count). The minimum Gasteiger partial charge on any atom is -0.378 e. The van der Waals surface area contributed by atoms with Crippen LogP contribution in [0.4, 0.5) is 0 Å². The Kier molecular flexibility index (Phi) is 6.79. The summed E-state index contributed by atoms with van der Waals surface area (Å²) >= 11 is 12.3. The van der Waals surface area contributed by atoms with Gasteiger partial charge in [-0.15, -0.1) is 0 Å². The van der Waals surface area contributed by atoms with Crippen molar-refractivity contribution in [2.75, 3.05) is 6.54 Å². The predicted octanol–water partition coefficient (Wildman–Crippen LogP) is 5.83. The second kappa shape index (κ2) is 10.3. The zero-order valence-corrected chi connectivity index (χ0v) is 22.7. The van der Waals surface area contributed by atoms with E-state index >= 15 is 0 Å². The fourth-order valence-electron chi connectivity index (χ4n) is 5.46. The van der Waals surface area contributed by atoms with Gasteiger partial charge in [0.2, 0.25) is 0 Å². The van der Waals surface area contributed by atoms with Crippen LogP contribution < -0.4 is 5.56 Å². The minimum atomic E-state index is -1.34. The summed E-state index contributed by atoms with van der Waals surface area (Å²) in [4.78, 5) is 36.2. The Bertz CT molecular complexity index is 1610. The highest BCUT2D eigenvalue weighted by atomic mass is 35.5. The lowest BCUT2D eigenvalue weighted by molar-refractivity contribution is -0.141. The minimum absolute atomic E-state index is 0.106. The van der Waals surface area contributed by atoms with Crippen LogP contribution in [0, 0.1) is 0 Å².